The molecular weight excluding hydrogens is 476 g/mol. The summed E-state index contributed by atoms with van der Waals surface area (Å²) in [5.41, 5.74) is 3.43. The van der Waals surface area contributed by atoms with Gasteiger partial charge in [-0.2, -0.15) is 0 Å². The number of carboxylic acids is 1. The second-order valence-electron chi connectivity index (χ2n) is 8.64. The van der Waals surface area contributed by atoms with E-state index in [1.807, 2.05) is 30.3 Å². The lowest BCUT2D eigenvalue weighted by atomic mass is 9.92. The van der Waals surface area contributed by atoms with E-state index in [4.69, 9.17) is 9.47 Å². The van der Waals surface area contributed by atoms with Crippen molar-refractivity contribution in [2.45, 2.75) is 25.4 Å². The van der Waals surface area contributed by atoms with E-state index in [0.29, 0.717) is 23.4 Å². The van der Waals surface area contributed by atoms with Crippen molar-refractivity contribution in [2.75, 3.05) is 13.7 Å². The number of pyridine rings is 1. The van der Waals surface area contributed by atoms with Crippen LogP contribution in [0.25, 0.3) is 11.1 Å². The molecule has 1 N–H and O–H groups in total. The Labute approximate surface area is 213 Å². The lowest BCUT2D eigenvalue weighted by Crippen LogP contribution is -2.37. The van der Waals surface area contributed by atoms with Crippen LogP contribution in [0.3, 0.4) is 0 Å². The first-order chi connectivity index (χ1) is 17.9. The Morgan fingerprint density at radius 1 is 0.973 bits per heavy atom. The highest BCUT2D eigenvalue weighted by atomic mass is 16.5. The molecule has 0 fully saturated rings. The molecule has 2 unspecified atom stereocenters. The van der Waals surface area contributed by atoms with Crippen molar-refractivity contribution < 1.29 is 33.8 Å². The normalized spacial score (nSPS) is 14.1. The van der Waals surface area contributed by atoms with Gasteiger partial charge in [-0.3, -0.25) is 24.1 Å². The number of carbonyl (C=O) groups excluding carboxylic acids is 3. The second kappa shape index (κ2) is 11.5. The van der Waals surface area contributed by atoms with Crippen molar-refractivity contribution in [1.29, 1.82) is 0 Å². The number of methoxy groups -OCH3 is 1. The number of hydrogen-bond donors (Lipinski definition) is 1. The monoisotopic (exact) mass is 502 g/mol. The highest BCUT2D eigenvalue weighted by Crippen LogP contribution is 2.26. The molecule has 2 aromatic carbocycles. The zero-order valence-corrected chi connectivity index (χ0v) is 20.2. The Morgan fingerprint density at radius 3 is 2.16 bits per heavy atom. The summed E-state index contributed by atoms with van der Waals surface area (Å²) < 4.78 is 10.2. The summed E-state index contributed by atoms with van der Waals surface area (Å²) in [6.07, 6.45) is 1.49. The molecule has 1 aliphatic heterocycles. The third-order valence-corrected chi connectivity index (χ3v) is 6.49. The van der Waals surface area contributed by atoms with E-state index < -0.39 is 29.8 Å². The highest BCUT2D eigenvalue weighted by molar-refractivity contribution is 6.21. The summed E-state index contributed by atoms with van der Waals surface area (Å²) in [5.74, 6) is -2.63. The van der Waals surface area contributed by atoms with Crippen molar-refractivity contribution in [3.05, 3.63) is 83.6 Å². The number of carbonyl (C=O) groups is 4. The number of aromatic nitrogens is 1. The highest BCUT2D eigenvalue weighted by Gasteiger charge is 2.37. The Bertz CT molecular complexity index is 1250. The maximum Gasteiger partial charge on any atom is 0.310 e. The van der Waals surface area contributed by atoms with Crippen LogP contribution in [0.4, 0.5) is 0 Å². The largest absolute Gasteiger partial charge is 0.481 e. The van der Waals surface area contributed by atoms with Crippen molar-refractivity contribution in [1.82, 2.24) is 9.88 Å². The number of ether oxygens (including phenoxy) is 2. The Kier molecular flexibility index (Phi) is 7.92. The maximum absolute atomic E-state index is 12.6. The van der Waals surface area contributed by atoms with E-state index in [1.54, 1.807) is 43.6 Å². The first-order valence-electron chi connectivity index (χ1n) is 11.8. The number of imide groups is 1. The molecule has 0 bridgehead atoms. The molecule has 190 valence electrons. The number of fused-ring (bicyclic) bond motifs is 1. The molecule has 3 aromatic rings. The van der Waals surface area contributed by atoms with E-state index in [9.17, 15) is 24.3 Å². The van der Waals surface area contributed by atoms with Crippen LogP contribution < -0.4 is 4.74 Å². The molecule has 2 heterocycles. The van der Waals surface area contributed by atoms with E-state index in [2.05, 4.69) is 4.98 Å². The molecule has 37 heavy (non-hydrogen) atoms. The fourth-order valence-corrected chi connectivity index (χ4v) is 4.46. The molecule has 0 saturated carbocycles. The predicted octanol–water partition coefficient (Wildman–Crippen LogP) is 3.62. The predicted molar refractivity (Wildman–Crippen MR) is 133 cm³/mol. The number of amides is 2. The van der Waals surface area contributed by atoms with Gasteiger partial charge in [0.2, 0.25) is 5.88 Å². The van der Waals surface area contributed by atoms with Crippen LogP contribution in [-0.2, 0) is 20.7 Å². The molecule has 0 saturated heterocycles. The quantitative estimate of drug-likeness (QED) is 0.294. The SMILES string of the molecule is COc1ccc(-c2ccc(CCC(OC=O)C(CCN3C(=O)c4ccccc4C3=O)C(=O)O)cc2)cn1. The number of aliphatic carboxylic acids is 1. The standard InChI is InChI=1S/C28H26N2O7/c1-36-25-13-11-20(16-29-25)19-9-6-18(7-10-19)8-12-24(37-17-31)23(28(34)35)14-15-30-26(32)21-4-2-3-5-22(21)27(30)33/h2-7,9-11,13,16-17,23-24H,8,12,14-15H2,1H3,(H,34,35). The minimum Gasteiger partial charge on any atom is -0.481 e. The molecule has 0 radical (unpaired) electrons. The van der Waals surface area contributed by atoms with Gasteiger partial charge < -0.3 is 14.6 Å². The third kappa shape index (κ3) is 5.66. The van der Waals surface area contributed by atoms with Gasteiger partial charge in [0.05, 0.1) is 24.2 Å². The van der Waals surface area contributed by atoms with Gasteiger partial charge in [-0.15, -0.1) is 0 Å². The van der Waals surface area contributed by atoms with E-state index >= 15 is 0 Å². The molecule has 0 spiro atoms. The average molecular weight is 503 g/mol. The Morgan fingerprint density at radius 2 is 1.62 bits per heavy atom. The Balaban J connectivity index is 1.40. The topological polar surface area (TPSA) is 123 Å². The number of hydrogen-bond acceptors (Lipinski definition) is 7. The fourth-order valence-electron chi connectivity index (χ4n) is 4.46. The molecule has 0 aliphatic carbocycles. The molecule has 1 aliphatic rings. The van der Waals surface area contributed by atoms with Crippen molar-refractivity contribution in [3.8, 4) is 17.0 Å². The van der Waals surface area contributed by atoms with Gasteiger partial charge in [0.25, 0.3) is 18.3 Å². The number of benzene rings is 2. The summed E-state index contributed by atoms with van der Waals surface area (Å²) in [7, 11) is 1.55. The smallest absolute Gasteiger partial charge is 0.310 e. The number of nitrogens with zero attached hydrogens (tertiary/aromatic N) is 2. The number of rotatable bonds is 12. The van der Waals surface area contributed by atoms with E-state index in [0.717, 1.165) is 21.6 Å². The van der Waals surface area contributed by atoms with E-state index in [1.165, 1.54) is 0 Å². The van der Waals surface area contributed by atoms with Crippen LogP contribution in [0.2, 0.25) is 0 Å². The third-order valence-electron chi connectivity index (χ3n) is 6.49. The van der Waals surface area contributed by atoms with Gasteiger partial charge in [-0.05, 0) is 48.6 Å². The van der Waals surface area contributed by atoms with Gasteiger partial charge in [0, 0.05) is 24.4 Å². The van der Waals surface area contributed by atoms with Gasteiger partial charge >= 0.3 is 5.97 Å². The van der Waals surface area contributed by atoms with Crippen LogP contribution >= 0.6 is 0 Å². The number of aryl methyl sites for hydroxylation is 1. The van der Waals surface area contributed by atoms with Crippen LogP contribution in [0.1, 0.15) is 39.1 Å². The van der Waals surface area contributed by atoms with Crippen LogP contribution in [0, 0.1) is 5.92 Å². The minimum atomic E-state index is -1.16. The summed E-state index contributed by atoms with van der Waals surface area (Å²) in [4.78, 5) is 53.7. The van der Waals surface area contributed by atoms with Gasteiger partial charge in [-0.25, -0.2) is 4.98 Å². The molecule has 4 rings (SSSR count). The van der Waals surface area contributed by atoms with Crippen molar-refractivity contribution in [3.63, 3.8) is 0 Å². The number of carboxylic acid groups (broad SMARTS) is 1. The lowest BCUT2D eigenvalue weighted by molar-refractivity contribution is -0.151. The molecule has 2 atom stereocenters. The van der Waals surface area contributed by atoms with Crippen molar-refractivity contribution in [2.24, 2.45) is 5.92 Å². The maximum atomic E-state index is 12.6. The van der Waals surface area contributed by atoms with Gasteiger partial charge in [-0.1, -0.05) is 36.4 Å². The molecule has 1 aromatic heterocycles. The summed E-state index contributed by atoms with van der Waals surface area (Å²) in [5, 5.41) is 9.85. The molecule has 2 amide bonds. The minimum absolute atomic E-state index is 0.0390. The lowest BCUT2D eigenvalue weighted by Gasteiger charge is -2.24. The second-order valence-corrected chi connectivity index (χ2v) is 8.64. The van der Waals surface area contributed by atoms with Crippen molar-refractivity contribution >= 4 is 24.3 Å². The zero-order chi connectivity index (χ0) is 26.4. The Hall–Kier alpha value is -4.53. The summed E-state index contributed by atoms with van der Waals surface area (Å²) >= 11 is 0. The summed E-state index contributed by atoms with van der Waals surface area (Å²) in [6, 6.07) is 17.9. The van der Waals surface area contributed by atoms with Gasteiger partial charge in [0.15, 0.2) is 0 Å². The first kappa shape index (κ1) is 25.6. The van der Waals surface area contributed by atoms with Crippen LogP contribution in [-0.4, -0.2) is 59.0 Å². The van der Waals surface area contributed by atoms with Crippen LogP contribution in [0.15, 0.2) is 66.9 Å². The zero-order valence-electron chi connectivity index (χ0n) is 20.2. The average Bonchev–Trinajstić information content (AvgIpc) is 3.17. The molecule has 9 nitrogen and oxygen atoms in total. The summed E-state index contributed by atoms with van der Waals surface area (Å²) in [6.45, 7) is 0.148. The molecular formula is C28H26N2O7. The first-order valence-corrected chi connectivity index (χ1v) is 11.8. The van der Waals surface area contributed by atoms with Crippen LogP contribution in [0.5, 0.6) is 5.88 Å². The fraction of sp³-hybridized carbons (Fsp3) is 0.250. The van der Waals surface area contributed by atoms with Gasteiger partial charge in [0.1, 0.15) is 6.10 Å². The molecule has 9 heteroatoms. The van der Waals surface area contributed by atoms with E-state index in [-0.39, 0.29) is 25.9 Å².